The van der Waals surface area contributed by atoms with E-state index < -0.39 is 11.9 Å². The van der Waals surface area contributed by atoms with Gasteiger partial charge in [0.25, 0.3) is 0 Å². The molecule has 1 unspecified atom stereocenters. The summed E-state index contributed by atoms with van der Waals surface area (Å²) < 4.78 is 0. The van der Waals surface area contributed by atoms with Crippen LogP contribution in [0.15, 0.2) is 24.3 Å². The Morgan fingerprint density at radius 3 is 2.42 bits per heavy atom. The molecule has 1 aliphatic heterocycles. The zero-order valence-electron chi connectivity index (χ0n) is 10.9. The highest BCUT2D eigenvalue weighted by Gasteiger charge is 2.22. The van der Waals surface area contributed by atoms with E-state index in [1.165, 1.54) is 11.1 Å². The minimum atomic E-state index is -0.831. The number of carbonyl (C=O) groups is 2. The highest BCUT2D eigenvalue weighted by atomic mass is 16.4. The molecule has 5 nitrogen and oxygen atoms in total. The van der Waals surface area contributed by atoms with Crippen molar-refractivity contribution in [1.82, 2.24) is 10.2 Å². The van der Waals surface area contributed by atoms with E-state index in [1.807, 2.05) is 24.3 Å². The topological polar surface area (TPSA) is 69.6 Å². The fourth-order valence-electron chi connectivity index (χ4n) is 2.11. The lowest BCUT2D eigenvalue weighted by Crippen LogP contribution is -2.37. The van der Waals surface area contributed by atoms with Crippen LogP contribution in [0, 0.1) is 5.92 Å². The lowest BCUT2D eigenvalue weighted by Gasteiger charge is -2.16. The summed E-state index contributed by atoms with van der Waals surface area (Å²) in [5, 5.41) is 11.5. The number of carboxylic acids is 1. The van der Waals surface area contributed by atoms with E-state index in [4.69, 9.17) is 5.11 Å². The van der Waals surface area contributed by atoms with Crippen LogP contribution >= 0.6 is 0 Å². The lowest BCUT2D eigenvalue weighted by atomic mass is 10.1. The molecule has 0 saturated heterocycles. The molecule has 0 bridgehead atoms. The third kappa shape index (κ3) is 3.24. The first-order valence-electron chi connectivity index (χ1n) is 6.40. The first-order valence-corrected chi connectivity index (χ1v) is 6.40. The molecule has 1 aromatic rings. The highest BCUT2D eigenvalue weighted by molar-refractivity contribution is 5.75. The van der Waals surface area contributed by atoms with Crippen LogP contribution in [0.4, 0.5) is 4.79 Å². The number of nitrogens with one attached hydrogen (secondary N) is 1. The molecule has 1 aliphatic rings. The monoisotopic (exact) mass is 262 g/mol. The predicted molar refractivity (Wildman–Crippen MR) is 70.5 cm³/mol. The average Bonchev–Trinajstić information content (AvgIpc) is 2.82. The van der Waals surface area contributed by atoms with Gasteiger partial charge in [-0.15, -0.1) is 0 Å². The van der Waals surface area contributed by atoms with Crippen LogP contribution in [0.2, 0.25) is 0 Å². The Morgan fingerprint density at radius 1 is 1.32 bits per heavy atom. The third-order valence-electron chi connectivity index (χ3n) is 3.40. The van der Waals surface area contributed by atoms with Crippen molar-refractivity contribution < 1.29 is 14.7 Å². The van der Waals surface area contributed by atoms with Gasteiger partial charge in [0.05, 0.1) is 5.92 Å². The Balaban J connectivity index is 1.79. The van der Waals surface area contributed by atoms with E-state index in [1.54, 1.807) is 11.8 Å². The molecule has 2 amide bonds. The fraction of sp³-hybridized carbons (Fsp3) is 0.429. The normalized spacial score (nSPS) is 14.9. The number of hydrogen-bond acceptors (Lipinski definition) is 2. The van der Waals surface area contributed by atoms with Gasteiger partial charge in [0.1, 0.15) is 0 Å². The van der Waals surface area contributed by atoms with Crippen molar-refractivity contribution in [3.8, 4) is 0 Å². The largest absolute Gasteiger partial charge is 0.481 e. The Hall–Kier alpha value is -2.04. The van der Waals surface area contributed by atoms with E-state index >= 15 is 0 Å². The minimum Gasteiger partial charge on any atom is -0.481 e. The van der Waals surface area contributed by atoms with Gasteiger partial charge in [-0.3, -0.25) is 4.79 Å². The van der Waals surface area contributed by atoms with Gasteiger partial charge in [-0.25, -0.2) is 4.79 Å². The number of benzene rings is 1. The van der Waals surface area contributed by atoms with Crippen LogP contribution in [0.3, 0.4) is 0 Å². The number of carboxylic acid groups (broad SMARTS) is 1. The molecule has 1 heterocycles. The summed E-state index contributed by atoms with van der Waals surface area (Å²) in [5.41, 5.74) is 2.35. The molecule has 0 saturated carbocycles. The summed E-state index contributed by atoms with van der Waals surface area (Å²) >= 11 is 0. The molecular formula is C14H18N2O3. The molecule has 0 spiro atoms. The molecule has 0 aromatic heterocycles. The van der Waals surface area contributed by atoms with Gasteiger partial charge < -0.3 is 15.3 Å². The van der Waals surface area contributed by atoms with Crippen LogP contribution in [0.1, 0.15) is 24.5 Å². The van der Waals surface area contributed by atoms with Crippen molar-refractivity contribution in [3.63, 3.8) is 0 Å². The molecule has 2 N–H and O–H groups in total. The molecule has 0 fully saturated rings. The molecule has 102 valence electrons. The maximum absolute atomic E-state index is 11.9. The first kappa shape index (κ1) is 13.4. The molecule has 0 aliphatic carbocycles. The molecule has 19 heavy (non-hydrogen) atoms. The molecule has 1 atom stereocenters. The van der Waals surface area contributed by atoms with Crippen LogP contribution < -0.4 is 5.32 Å². The number of fused-ring (bicyclic) bond motifs is 1. The molecule has 5 heteroatoms. The fourth-order valence-corrected chi connectivity index (χ4v) is 2.11. The second-order valence-electron chi connectivity index (χ2n) is 4.88. The van der Waals surface area contributed by atoms with Crippen molar-refractivity contribution in [2.24, 2.45) is 5.92 Å². The number of aliphatic carboxylic acids is 1. The Kier molecular flexibility index (Phi) is 4.04. The van der Waals surface area contributed by atoms with E-state index in [0.29, 0.717) is 26.1 Å². The summed E-state index contributed by atoms with van der Waals surface area (Å²) in [4.78, 5) is 24.3. The molecule has 0 radical (unpaired) electrons. The number of hydrogen-bond donors (Lipinski definition) is 2. The lowest BCUT2D eigenvalue weighted by molar-refractivity contribution is -0.141. The van der Waals surface area contributed by atoms with E-state index in [2.05, 4.69) is 5.32 Å². The van der Waals surface area contributed by atoms with Crippen molar-refractivity contribution in [3.05, 3.63) is 35.4 Å². The van der Waals surface area contributed by atoms with Gasteiger partial charge >= 0.3 is 12.0 Å². The SMILES string of the molecule is CC(CCNC(=O)N1Cc2ccccc2C1)C(=O)O. The number of urea groups is 1. The maximum Gasteiger partial charge on any atom is 0.318 e. The third-order valence-corrected chi connectivity index (χ3v) is 3.40. The molecular weight excluding hydrogens is 244 g/mol. The summed E-state index contributed by atoms with van der Waals surface area (Å²) in [5.74, 6) is -1.26. The first-order chi connectivity index (χ1) is 9.08. The molecule has 1 aromatic carbocycles. The van der Waals surface area contributed by atoms with E-state index in [-0.39, 0.29) is 6.03 Å². The summed E-state index contributed by atoms with van der Waals surface area (Å²) in [6.07, 6.45) is 0.446. The van der Waals surface area contributed by atoms with Crippen LogP contribution in [0.5, 0.6) is 0 Å². The van der Waals surface area contributed by atoms with Crippen molar-refractivity contribution in [1.29, 1.82) is 0 Å². The highest BCUT2D eigenvalue weighted by Crippen LogP contribution is 2.21. The number of rotatable bonds is 4. The van der Waals surface area contributed by atoms with Crippen molar-refractivity contribution >= 4 is 12.0 Å². The summed E-state index contributed by atoms with van der Waals surface area (Å²) in [7, 11) is 0. The Morgan fingerprint density at radius 2 is 1.89 bits per heavy atom. The maximum atomic E-state index is 11.9. The predicted octanol–water partition coefficient (Wildman–Crippen LogP) is 1.82. The number of nitrogens with zero attached hydrogens (tertiary/aromatic N) is 1. The second kappa shape index (κ2) is 5.73. The number of carbonyl (C=O) groups excluding carboxylic acids is 1. The van der Waals surface area contributed by atoms with E-state index in [0.717, 1.165) is 0 Å². The van der Waals surface area contributed by atoms with Gasteiger partial charge in [-0.05, 0) is 17.5 Å². The van der Waals surface area contributed by atoms with E-state index in [9.17, 15) is 9.59 Å². The Bertz CT molecular complexity index is 462. The van der Waals surface area contributed by atoms with Crippen molar-refractivity contribution in [2.45, 2.75) is 26.4 Å². The Labute approximate surface area is 112 Å². The van der Waals surface area contributed by atoms with Crippen LogP contribution in [-0.4, -0.2) is 28.6 Å². The summed E-state index contributed by atoms with van der Waals surface area (Å²) in [6, 6.07) is 7.85. The van der Waals surface area contributed by atoms with Crippen molar-refractivity contribution in [2.75, 3.05) is 6.54 Å². The van der Waals surface area contributed by atoms with Gasteiger partial charge in [0.15, 0.2) is 0 Å². The minimum absolute atomic E-state index is 0.131. The van der Waals surface area contributed by atoms with Crippen LogP contribution in [-0.2, 0) is 17.9 Å². The average molecular weight is 262 g/mol. The van der Waals surface area contributed by atoms with Crippen LogP contribution in [0.25, 0.3) is 0 Å². The van der Waals surface area contributed by atoms with Gasteiger partial charge in [0.2, 0.25) is 0 Å². The zero-order chi connectivity index (χ0) is 13.8. The zero-order valence-corrected chi connectivity index (χ0v) is 10.9. The standard InChI is InChI=1S/C14H18N2O3/c1-10(13(17)18)6-7-15-14(19)16-8-11-4-2-3-5-12(11)9-16/h2-5,10H,6-9H2,1H3,(H,15,19)(H,17,18). The second-order valence-corrected chi connectivity index (χ2v) is 4.88. The quantitative estimate of drug-likeness (QED) is 0.869. The molecule has 2 rings (SSSR count). The van der Waals surface area contributed by atoms with Gasteiger partial charge in [-0.2, -0.15) is 0 Å². The van der Waals surface area contributed by atoms with Gasteiger partial charge in [0, 0.05) is 19.6 Å². The summed E-state index contributed by atoms with van der Waals surface area (Å²) in [6.45, 7) is 3.27. The van der Waals surface area contributed by atoms with Gasteiger partial charge in [-0.1, -0.05) is 31.2 Å². The smallest absolute Gasteiger partial charge is 0.318 e. The number of amides is 2.